The van der Waals surface area contributed by atoms with Crippen LogP contribution in [-0.4, -0.2) is 60.8 Å². The number of benzene rings is 1. The fraction of sp³-hybridized carbons (Fsp3) is 0.300. The molecule has 10 heteroatoms. The lowest BCUT2D eigenvalue weighted by atomic mass is 10.2. The molecule has 0 aliphatic carbocycles. The van der Waals surface area contributed by atoms with Crippen LogP contribution in [0.2, 0.25) is 0 Å². The second kappa shape index (κ2) is 10.8. The molecule has 0 radical (unpaired) electrons. The van der Waals surface area contributed by atoms with Crippen molar-refractivity contribution < 1.29 is 19.1 Å². The molecule has 158 valence electrons. The highest BCUT2D eigenvalue weighted by Gasteiger charge is 2.18. The average molecular weight is 447 g/mol. The van der Waals surface area contributed by atoms with E-state index in [9.17, 15) is 9.59 Å². The van der Waals surface area contributed by atoms with Gasteiger partial charge in [0.1, 0.15) is 10.8 Å². The standard InChI is InChI=1S/C20H22N4O4S2/c1-27-12-11-24(19(26)16-4-3-13-29-16)10-9-17(25)21-20-23-22-18(30-20)14-5-7-15(28-2)8-6-14/h3-8,13H,9-12H2,1-2H3,(H,21,23,25). The largest absolute Gasteiger partial charge is 0.497 e. The molecule has 0 aliphatic rings. The second-order valence-corrected chi connectivity index (χ2v) is 8.13. The molecule has 0 atom stereocenters. The van der Waals surface area contributed by atoms with Gasteiger partial charge in [0.05, 0.1) is 18.6 Å². The maximum Gasteiger partial charge on any atom is 0.264 e. The van der Waals surface area contributed by atoms with E-state index in [1.165, 1.54) is 22.7 Å². The number of carbonyl (C=O) groups is 2. The first-order valence-electron chi connectivity index (χ1n) is 9.20. The summed E-state index contributed by atoms with van der Waals surface area (Å²) in [5.41, 5.74) is 0.890. The molecule has 1 aromatic carbocycles. The van der Waals surface area contributed by atoms with Crippen LogP contribution in [0.4, 0.5) is 5.13 Å². The lowest BCUT2D eigenvalue weighted by molar-refractivity contribution is -0.116. The molecule has 0 spiro atoms. The number of nitrogens with zero attached hydrogens (tertiary/aromatic N) is 3. The normalized spacial score (nSPS) is 10.6. The van der Waals surface area contributed by atoms with Gasteiger partial charge in [-0.3, -0.25) is 9.59 Å². The average Bonchev–Trinajstić information content (AvgIpc) is 3.46. The van der Waals surface area contributed by atoms with Gasteiger partial charge < -0.3 is 19.7 Å². The summed E-state index contributed by atoms with van der Waals surface area (Å²) in [5, 5.41) is 13.9. The van der Waals surface area contributed by atoms with E-state index >= 15 is 0 Å². The van der Waals surface area contributed by atoms with Crippen molar-refractivity contribution in [1.82, 2.24) is 15.1 Å². The van der Waals surface area contributed by atoms with Crippen molar-refractivity contribution in [3.05, 3.63) is 46.7 Å². The highest BCUT2D eigenvalue weighted by atomic mass is 32.1. The first-order chi connectivity index (χ1) is 14.6. The number of aromatic nitrogens is 2. The Morgan fingerprint density at radius 2 is 1.90 bits per heavy atom. The van der Waals surface area contributed by atoms with Crippen molar-refractivity contribution in [2.45, 2.75) is 6.42 Å². The van der Waals surface area contributed by atoms with Crippen LogP contribution in [0, 0.1) is 0 Å². The summed E-state index contributed by atoms with van der Waals surface area (Å²) in [4.78, 5) is 27.2. The zero-order valence-electron chi connectivity index (χ0n) is 16.7. The van der Waals surface area contributed by atoms with E-state index in [-0.39, 0.29) is 24.8 Å². The molecule has 30 heavy (non-hydrogen) atoms. The summed E-state index contributed by atoms with van der Waals surface area (Å²) >= 11 is 2.66. The minimum atomic E-state index is -0.228. The number of amides is 2. The fourth-order valence-corrected chi connectivity index (χ4v) is 4.07. The van der Waals surface area contributed by atoms with E-state index in [1.807, 2.05) is 35.7 Å². The molecule has 0 unspecified atom stereocenters. The Hall–Kier alpha value is -2.82. The molecule has 1 N–H and O–H groups in total. The zero-order chi connectivity index (χ0) is 21.3. The molecule has 0 bridgehead atoms. The van der Waals surface area contributed by atoms with Crippen molar-refractivity contribution in [2.24, 2.45) is 0 Å². The number of nitrogens with one attached hydrogen (secondary N) is 1. The monoisotopic (exact) mass is 446 g/mol. The third kappa shape index (κ3) is 5.85. The lowest BCUT2D eigenvalue weighted by Crippen LogP contribution is -2.36. The molecule has 2 amide bonds. The number of carbonyl (C=O) groups excluding carboxylic acids is 2. The van der Waals surface area contributed by atoms with Crippen LogP contribution < -0.4 is 10.1 Å². The van der Waals surface area contributed by atoms with Crippen molar-refractivity contribution in [1.29, 1.82) is 0 Å². The summed E-state index contributed by atoms with van der Waals surface area (Å²) in [6.45, 7) is 1.11. The van der Waals surface area contributed by atoms with Crippen LogP contribution in [0.25, 0.3) is 10.6 Å². The molecule has 3 aromatic rings. The van der Waals surface area contributed by atoms with Crippen LogP contribution in [0.3, 0.4) is 0 Å². The van der Waals surface area contributed by atoms with Crippen molar-refractivity contribution in [2.75, 3.05) is 39.2 Å². The Labute approximate surface area is 182 Å². The predicted molar refractivity (Wildman–Crippen MR) is 117 cm³/mol. The Bertz CT molecular complexity index is 958. The molecule has 3 rings (SSSR count). The van der Waals surface area contributed by atoms with Crippen LogP contribution in [0.1, 0.15) is 16.1 Å². The number of methoxy groups -OCH3 is 2. The SMILES string of the molecule is COCCN(CCC(=O)Nc1nnc(-c2ccc(OC)cc2)s1)C(=O)c1cccs1. The third-order valence-electron chi connectivity index (χ3n) is 4.20. The Morgan fingerprint density at radius 3 is 2.57 bits per heavy atom. The number of thiophene rings is 1. The molecular weight excluding hydrogens is 424 g/mol. The van der Waals surface area contributed by atoms with E-state index in [1.54, 1.807) is 25.2 Å². The molecule has 0 fully saturated rings. The van der Waals surface area contributed by atoms with Crippen molar-refractivity contribution in [3.63, 3.8) is 0 Å². The van der Waals surface area contributed by atoms with Gasteiger partial charge in [-0.1, -0.05) is 17.4 Å². The summed E-state index contributed by atoms with van der Waals surface area (Å²) in [5.74, 6) is 0.424. The molecule has 0 aliphatic heterocycles. The topological polar surface area (TPSA) is 93.7 Å². The summed E-state index contributed by atoms with van der Waals surface area (Å²) in [6.07, 6.45) is 0.151. The zero-order valence-corrected chi connectivity index (χ0v) is 18.3. The van der Waals surface area contributed by atoms with Crippen LogP contribution in [0.5, 0.6) is 5.75 Å². The third-order valence-corrected chi connectivity index (χ3v) is 5.95. The van der Waals surface area contributed by atoms with Gasteiger partial charge in [-0.2, -0.15) is 0 Å². The van der Waals surface area contributed by atoms with Crippen LogP contribution in [-0.2, 0) is 9.53 Å². The maximum atomic E-state index is 12.6. The number of hydrogen-bond donors (Lipinski definition) is 1. The van der Waals surface area contributed by atoms with Gasteiger partial charge in [0.2, 0.25) is 11.0 Å². The van der Waals surface area contributed by atoms with Gasteiger partial charge >= 0.3 is 0 Å². The number of ether oxygens (including phenoxy) is 2. The van der Waals surface area contributed by atoms with E-state index in [2.05, 4.69) is 15.5 Å². The van der Waals surface area contributed by atoms with E-state index in [0.29, 0.717) is 28.2 Å². The Balaban J connectivity index is 1.56. The molecule has 2 aromatic heterocycles. The quantitative estimate of drug-likeness (QED) is 0.513. The van der Waals surface area contributed by atoms with Gasteiger partial charge in [-0.15, -0.1) is 21.5 Å². The number of hydrogen-bond acceptors (Lipinski definition) is 8. The summed E-state index contributed by atoms with van der Waals surface area (Å²) < 4.78 is 10.2. The molecule has 0 saturated carbocycles. The Morgan fingerprint density at radius 1 is 1.10 bits per heavy atom. The van der Waals surface area contributed by atoms with E-state index in [0.717, 1.165) is 11.3 Å². The molecule has 8 nitrogen and oxygen atoms in total. The van der Waals surface area contributed by atoms with Gasteiger partial charge in [0.25, 0.3) is 5.91 Å². The van der Waals surface area contributed by atoms with Crippen LogP contribution in [0.15, 0.2) is 41.8 Å². The smallest absolute Gasteiger partial charge is 0.264 e. The molecule has 0 saturated heterocycles. The first kappa shape index (κ1) is 21.9. The highest BCUT2D eigenvalue weighted by Crippen LogP contribution is 2.27. The molecular formula is C20H22N4O4S2. The van der Waals surface area contributed by atoms with Gasteiger partial charge in [0, 0.05) is 32.2 Å². The van der Waals surface area contributed by atoms with E-state index < -0.39 is 0 Å². The number of rotatable bonds is 10. The lowest BCUT2D eigenvalue weighted by Gasteiger charge is -2.21. The molecule has 2 heterocycles. The summed E-state index contributed by atoms with van der Waals surface area (Å²) in [7, 11) is 3.19. The predicted octanol–water partition coefficient (Wildman–Crippen LogP) is 3.39. The van der Waals surface area contributed by atoms with Crippen molar-refractivity contribution >= 4 is 39.6 Å². The minimum absolute atomic E-state index is 0.104. The first-order valence-corrected chi connectivity index (χ1v) is 10.9. The Kier molecular flexibility index (Phi) is 7.89. The number of anilines is 1. The highest BCUT2D eigenvalue weighted by molar-refractivity contribution is 7.18. The van der Waals surface area contributed by atoms with Crippen molar-refractivity contribution in [3.8, 4) is 16.3 Å². The van der Waals surface area contributed by atoms with Gasteiger partial charge in [-0.25, -0.2) is 0 Å². The minimum Gasteiger partial charge on any atom is -0.497 e. The maximum absolute atomic E-state index is 12.6. The fourth-order valence-electron chi connectivity index (χ4n) is 2.61. The van der Waals surface area contributed by atoms with E-state index in [4.69, 9.17) is 9.47 Å². The van der Waals surface area contributed by atoms with Gasteiger partial charge in [-0.05, 0) is 35.7 Å². The van der Waals surface area contributed by atoms with Gasteiger partial charge in [0.15, 0.2) is 0 Å². The second-order valence-electron chi connectivity index (χ2n) is 6.20. The summed E-state index contributed by atoms with van der Waals surface area (Å²) in [6, 6.07) is 11.1. The van der Waals surface area contributed by atoms with Crippen LogP contribution >= 0.6 is 22.7 Å².